The third-order valence-corrected chi connectivity index (χ3v) is 14.6. The molecule has 0 aliphatic carbocycles. The Bertz CT molecular complexity index is 3850. The smallest absolute Gasteiger partial charge is 0.0547 e. The van der Waals surface area contributed by atoms with Crippen LogP contribution in [0.15, 0.2) is 206 Å². The van der Waals surface area contributed by atoms with Crippen molar-refractivity contribution in [2.45, 2.75) is 0 Å². The molecule has 3 heterocycles. The van der Waals surface area contributed by atoms with Crippen LogP contribution in [0.2, 0.25) is 0 Å². The number of benzene rings is 10. The van der Waals surface area contributed by atoms with E-state index in [1.165, 1.54) is 101 Å². The maximum absolute atomic E-state index is 2.46. The Morgan fingerprint density at radius 2 is 0.867 bits per heavy atom. The maximum atomic E-state index is 2.46. The van der Waals surface area contributed by atoms with Crippen molar-refractivity contribution in [2.24, 2.45) is 0 Å². The highest BCUT2D eigenvalue weighted by Gasteiger charge is 2.19. The number of nitrogens with zero attached hydrogens (tertiary/aromatic N) is 2. The Morgan fingerprint density at radius 1 is 0.317 bits per heavy atom. The number of hydrogen-bond donors (Lipinski definition) is 0. The summed E-state index contributed by atoms with van der Waals surface area (Å²) < 4.78 is 7.70. The van der Waals surface area contributed by atoms with E-state index in [2.05, 4.69) is 216 Å². The van der Waals surface area contributed by atoms with E-state index >= 15 is 0 Å². The zero-order valence-electron chi connectivity index (χ0n) is 32.3. The normalized spacial score (nSPS) is 12.0. The van der Waals surface area contributed by atoms with Gasteiger partial charge in [-0.3, -0.25) is 0 Å². The number of rotatable bonds is 5. The third-order valence-electron chi connectivity index (χ3n) is 12.3. The summed E-state index contributed by atoms with van der Waals surface area (Å²) in [5, 5.41) is 12.8. The first-order chi connectivity index (χ1) is 29.7. The fraction of sp³-hybridized carbons (Fsp3) is 0. The van der Waals surface area contributed by atoms with Crippen LogP contribution in [0.25, 0.3) is 101 Å². The van der Waals surface area contributed by atoms with Gasteiger partial charge in [0, 0.05) is 73.9 Å². The Kier molecular flexibility index (Phi) is 7.38. The molecule has 60 heavy (non-hydrogen) atoms. The molecule has 2 nitrogen and oxygen atoms in total. The van der Waals surface area contributed by atoms with Gasteiger partial charge in [0.25, 0.3) is 0 Å². The van der Waals surface area contributed by atoms with E-state index in [9.17, 15) is 0 Å². The summed E-state index contributed by atoms with van der Waals surface area (Å²) >= 11 is 3.73. The predicted molar refractivity (Wildman–Crippen MR) is 262 cm³/mol. The van der Waals surface area contributed by atoms with Crippen molar-refractivity contribution in [3.05, 3.63) is 206 Å². The lowest BCUT2D eigenvalue weighted by atomic mass is 9.99. The molecule has 4 heteroatoms. The van der Waals surface area contributed by atoms with Gasteiger partial charge in [-0.15, -0.1) is 22.7 Å². The van der Waals surface area contributed by atoms with Crippen LogP contribution in [0.4, 0.5) is 17.1 Å². The zero-order valence-corrected chi connectivity index (χ0v) is 34.0. The number of anilines is 3. The van der Waals surface area contributed by atoms with E-state index in [-0.39, 0.29) is 0 Å². The van der Waals surface area contributed by atoms with E-state index in [4.69, 9.17) is 0 Å². The highest BCUT2D eigenvalue weighted by Crippen LogP contribution is 2.44. The average molecular weight is 799 g/mol. The molecule has 0 atom stereocenters. The van der Waals surface area contributed by atoms with Gasteiger partial charge >= 0.3 is 0 Å². The first-order valence-corrected chi connectivity index (χ1v) is 22.0. The molecular weight excluding hydrogens is 765 g/mol. The minimum Gasteiger partial charge on any atom is -0.310 e. The largest absolute Gasteiger partial charge is 0.310 e. The lowest BCUT2D eigenvalue weighted by molar-refractivity contribution is 1.19. The van der Waals surface area contributed by atoms with Crippen molar-refractivity contribution in [2.75, 3.05) is 4.90 Å². The first kappa shape index (κ1) is 33.7. The van der Waals surface area contributed by atoms with Gasteiger partial charge in [-0.2, -0.15) is 0 Å². The molecule has 0 spiro atoms. The number of thiophene rings is 2. The number of fused-ring (bicyclic) bond motifs is 12. The van der Waals surface area contributed by atoms with Crippen molar-refractivity contribution < 1.29 is 0 Å². The van der Waals surface area contributed by atoms with Gasteiger partial charge in [-0.05, 0) is 112 Å². The minimum absolute atomic E-state index is 1.12. The van der Waals surface area contributed by atoms with Crippen LogP contribution in [0.3, 0.4) is 0 Å². The van der Waals surface area contributed by atoms with Crippen molar-refractivity contribution in [3.63, 3.8) is 0 Å². The summed E-state index contributed by atoms with van der Waals surface area (Å²) in [4.78, 5) is 2.40. The molecule has 3 aromatic heterocycles. The molecule has 0 N–H and O–H groups in total. The Balaban J connectivity index is 0.957. The van der Waals surface area contributed by atoms with Gasteiger partial charge in [0.1, 0.15) is 0 Å². The fourth-order valence-electron chi connectivity index (χ4n) is 9.52. The van der Waals surface area contributed by atoms with Crippen LogP contribution in [0, 0.1) is 0 Å². The molecule has 0 aliphatic rings. The second-order valence-corrected chi connectivity index (χ2v) is 17.9. The van der Waals surface area contributed by atoms with Gasteiger partial charge in [0.15, 0.2) is 0 Å². The molecule has 0 aliphatic heterocycles. The van der Waals surface area contributed by atoms with E-state index < -0.39 is 0 Å². The molecule has 10 aromatic carbocycles. The van der Waals surface area contributed by atoms with Crippen molar-refractivity contribution in [3.8, 4) is 16.8 Å². The SMILES string of the molecule is c1ccc2cc(N(c3ccc(-c4ccc5c(c4)c4c6ccccc6ccc4n5-c4ccc5c(c4)sc4ccccc45)cc3)c3ccc4c(c3)sc3ccccc34)ccc2c1. The summed E-state index contributed by atoms with van der Waals surface area (Å²) in [7, 11) is 0. The van der Waals surface area contributed by atoms with Gasteiger partial charge < -0.3 is 9.47 Å². The summed E-state index contributed by atoms with van der Waals surface area (Å²) in [6.45, 7) is 0. The molecule has 0 saturated heterocycles. The molecule has 13 aromatic rings. The number of hydrogen-bond acceptors (Lipinski definition) is 3. The minimum atomic E-state index is 1.12. The van der Waals surface area contributed by atoms with Crippen LogP contribution in [0.5, 0.6) is 0 Å². The van der Waals surface area contributed by atoms with Gasteiger partial charge in [0.05, 0.1) is 11.0 Å². The molecule has 280 valence electrons. The second kappa shape index (κ2) is 13.1. The van der Waals surface area contributed by atoms with Gasteiger partial charge in [-0.25, -0.2) is 0 Å². The molecule has 0 fully saturated rings. The van der Waals surface area contributed by atoms with E-state index in [0.717, 1.165) is 17.1 Å². The standard InChI is InChI=1S/C56H34N2S2/c1-2-11-38-31-41(24-19-35(38)9-1)57(42-25-27-47-45-13-5-7-15-52(45)59-54(47)33-42)40-22-17-36(18-23-40)39-21-29-50-49(32-39)56-44-12-4-3-10-37(44)20-30-51(56)58(50)43-26-28-48-46-14-6-8-16-53(46)60-55(48)34-43/h1-34H. The number of aromatic nitrogens is 1. The molecule has 0 saturated carbocycles. The lowest BCUT2D eigenvalue weighted by Crippen LogP contribution is -2.09. The lowest BCUT2D eigenvalue weighted by Gasteiger charge is -2.26. The van der Waals surface area contributed by atoms with E-state index in [1.807, 2.05) is 22.7 Å². The quantitative estimate of drug-likeness (QED) is 0.168. The van der Waals surface area contributed by atoms with E-state index in [0.29, 0.717) is 0 Å². The molecule has 0 unspecified atom stereocenters. The Labute approximate surface area is 354 Å². The second-order valence-electron chi connectivity index (χ2n) is 15.7. The zero-order chi connectivity index (χ0) is 39.3. The van der Waals surface area contributed by atoms with Crippen LogP contribution in [-0.4, -0.2) is 4.57 Å². The monoisotopic (exact) mass is 798 g/mol. The van der Waals surface area contributed by atoms with Crippen molar-refractivity contribution in [1.82, 2.24) is 4.57 Å². The van der Waals surface area contributed by atoms with Crippen LogP contribution in [0.1, 0.15) is 0 Å². The summed E-state index contributed by atoms with van der Waals surface area (Å²) in [6, 6.07) is 76.3. The first-order valence-electron chi connectivity index (χ1n) is 20.4. The topological polar surface area (TPSA) is 8.17 Å². The fourth-order valence-corrected chi connectivity index (χ4v) is 11.8. The average Bonchev–Trinajstić information content (AvgIpc) is 3.98. The van der Waals surface area contributed by atoms with Crippen molar-refractivity contribution >= 4 is 123 Å². The van der Waals surface area contributed by atoms with E-state index in [1.54, 1.807) is 0 Å². The summed E-state index contributed by atoms with van der Waals surface area (Å²) in [5.74, 6) is 0. The molecular formula is C56H34N2S2. The van der Waals surface area contributed by atoms with Crippen LogP contribution >= 0.6 is 22.7 Å². The predicted octanol–water partition coefficient (Wildman–Crippen LogP) is 17.0. The van der Waals surface area contributed by atoms with Crippen LogP contribution < -0.4 is 4.90 Å². The Morgan fingerprint density at radius 3 is 1.65 bits per heavy atom. The molecule has 0 bridgehead atoms. The van der Waals surface area contributed by atoms with Crippen molar-refractivity contribution in [1.29, 1.82) is 0 Å². The van der Waals surface area contributed by atoms with Gasteiger partial charge in [-0.1, -0.05) is 127 Å². The highest BCUT2D eigenvalue weighted by atomic mass is 32.1. The van der Waals surface area contributed by atoms with Gasteiger partial charge in [0.2, 0.25) is 0 Å². The molecule has 0 radical (unpaired) electrons. The third kappa shape index (κ3) is 5.18. The molecule has 13 rings (SSSR count). The van der Waals surface area contributed by atoms with Crippen LogP contribution in [-0.2, 0) is 0 Å². The highest BCUT2D eigenvalue weighted by molar-refractivity contribution is 7.26. The maximum Gasteiger partial charge on any atom is 0.0547 e. The summed E-state index contributed by atoms with van der Waals surface area (Å²) in [5.41, 5.74) is 9.40. The molecule has 0 amide bonds. The Hall–Kier alpha value is -7.24. The summed E-state index contributed by atoms with van der Waals surface area (Å²) in [6.07, 6.45) is 0.